The predicted octanol–water partition coefficient (Wildman–Crippen LogP) is 5.75. The van der Waals surface area contributed by atoms with E-state index in [1.165, 1.54) is 37.7 Å². The summed E-state index contributed by atoms with van der Waals surface area (Å²) in [5.74, 6) is 2.34. The average molecular weight is 355 g/mol. The van der Waals surface area contributed by atoms with Gasteiger partial charge in [-0.15, -0.1) is 0 Å². The molecule has 0 bridgehead atoms. The molecular formula is C18H27BrO2. The van der Waals surface area contributed by atoms with Crippen LogP contribution >= 0.6 is 15.9 Å². The number of benzene rings is 1. The number of ether oxygens (including phenoxy) is 2. The SMILES string of the molecule is COc1ccc(C(Br)C2(CC(C)C)CCCC2)cc1OC. The minimum Gasteiger partial charge on any atom is -0.493 e. The van der Waals surface area contributed by atoms with Crippen molar-refractivity contribution in [2.45, 2.75) is 50.8 Å². The molecule has 0 spiro atoms. The number of halogens is 1. The molecule has 0 aliphatic heterocycles. The van der Waals surface area contributed by atoms with Crippen LogP contribution < -0.4 is 9.47 Å². The summed E-state index contributed by atoms with van der Waals surface area (Å²) in [5, 5.41) is 0. The van der Waals surface area contributed by atoms with Crippen LogP contribution in [0.3, 0.4) is 0 Å². The van der Waals surface area contributed by atoms with Crippen LogP contribution in [0.1, 0.15) is 56.3 Å². The molecule has 0 amide bonds. The third-order valence-electron chi connectivity index (χ3n) is 4.65. The molecule has 0 N–H and O–H groups in total. The minimum absolute atomic E-state index is 0.383. The molecule has 118 valence electrons. The molecule has 1 aromatic rings. The molecule has 21 heavy (non-hydrogen) atoms. The normalized spacial score (nSPS) is 18.8. The molecular weight excluding hydrogens is 328 g/mol. The Hall–Kier alpha value is -0.700. The molecule has 2 nitrogen and oxygen atoms in total. The lowest BCUT2D eigenvalue weighted by molar-refractivity contribution is 0.230. The molecule has 1 aliphatic carbocycles. The zero-order chi connectivity index (χ0) is 15.5. The summed E-state index contributed by atoms with van der Waals surface area (Å²) in [6, 6.07) is 6.31. The lowest BCUT2D eigenvalue weighted by atomic mass is 9.74. The summed E-state index contributed by atoms with van der Waals surface area (Å²) in [4.78, 5) is 0.384. The molecule has 0 aromatic heterocycles. The Morgan fingerprint density at radius 3 is 2.24 bits per heavy atom. The molecule has 1 fully saturated rings. The number of hydrogen-bond acceptors (Lipinski definition) is 2. The van der Waals surface area contributed by atoms with E-state index in [1.807, 2.05) is 6.07 Å². The topological polar surface area (TPSA) is 18.5 Å². The molecule has 0 heterocycles. The van der Waals surface area contributed by atoms with Gasteiger partial charge in [-0.25, -0.2) is 0 Å². The van der Waals surface area contributed by atoms with Gasteiger partial charge in [-0.05, 0) is 48.3 Å². The standard InChI is InChI=1S/C18H27BrO2/c1-13(2)12-18(9-5-6-10-18)17(19)14-7-8-15(20-3)16(11-14)21-4/h7-8,11,13,17H,5-6,9-10,12H2,1-4H3. The largest absolute Gasteiger partial charge is 0.493 e. The van der Waals surface area contributed by atoms with Crippen molar-refractivity contribution in [1.82, 2.24) is 0 Å². The molecule has 1 aliphatic rings. The Morgan fingerprint density at radius 1 is 1.10 bits per heavy atom. The van der Waals surface area contributed by atoms with E-state index in [2.05, 4.69) is 41.9 Å². The highest BCUT2D eigenvalue weighted by Gasteiger charge is 2.41. The first kappa shape index (κ1) is 16.7. The predicted molar refractivity (Wildman–Crippen MR) is 91.6 cm³/mol. The Balaban J connectivity index is 2.30. The zero-order valence-electron chi connectivity index (χ0n) is 13.6. The Labute approximate surface area is 137 Å². The van der Waals surface area contributed by atoms with Gasteiger partial charge in [-0.3, -0.25) is 0 Å². The number of methoxy groups -OCH3 is 2. The van der Waals surface area contributed by atoms with Gasteiger partial charge >= 0.3 is 0 Å². The first-order valence-electron chi connectivity index (χ1n) is 7.88. The van der Waals surface area contributed by atoms with Crippen LogP contribution in [0.2, 0.25) is 0 Å². The van der Waals surface area contributed by atoms with Gasteiger partial charge in [0.15, 0.2) is 11.5 Å². The van der Waals surface area contributed by atoms with Crippen molar-refractivity contribution in [1.29, 1.82) is 0 Å². The second-order valence-electron chi connectivity index (χ2n) is 6.64. The third-order valence-corrected chi connectivity index (χ3v) is 6.15. The molecule has 2 rings (SSSR count). The molecule has 1 aromatic carbocycles. The van der Waals surface area contributed by atoms with Gasteiger partial charge in [0, 0.05) is 4.83 Å². The van der Waals surface area contributed by atoms with Crippen molar-refractivity contribution in [2.24, 2.45) is 11.3 Å². The Bertz CT molecular complexity index is 464. The summed E-state index contributed by atoms with van der Waals surface area (Å²) in [5.41, 5.74) is 1.68. The summed E-state index contributed by atoms with van der Waals surface area (Å²) < 4.78 is 10.8. The van der Waals surface area contributed by atoms with E-state index in [0.717, 1.165) is 17.4 Å². The monoisotopic (exact) mass is 354 g/mol. The van der Waals surface area contributed by atoms with Crippen molar-refractivity contribution in [3.05, 3.63) is 23.8 Å². The van der Waals surface area contributed by atoms with Crippen molar-refractivity contribution >= 4 is 15.9 Å². The Morgan fingerprint density at radius 2 is 1.71 bits per heavy atom. The molecule has 1 unspecified atom stereocenters. The van der Waals surface area contributed by atoms with Crippen LogP contribution in [0.5, 0.6) is 11.5 Å². The number of hydrogen-bond donors (Lipinski definition) is 0. The van der Waals surface area contributed by atoms with Gasteiger partial charge in [0.25, 0.3) is 0 Å². The van der Waals surface area contributed by atoms with Crippen LogP contribution in [0.25, 0.3) is 0 Å². The quantitative estimate of drug-likeness (QED) is 0.605. The van der Waals surface area contributed by atoms with E-state index in [1.54, 1.807) is 14.2 Å². The average Bonchev–Trinajstić information content (AvgIpc) is 2.94. The maximum atomic E-state index is 5.46. The van der Waals surface area contributed by atoms with Gasteiger partial charge < -0.3 is 9.47 Å². The molecule has 1 saturated carbocycles. The van der Waals surface area contributed by atoms with Gasteiger partial charge in [0.05, 0.1) is 14.2 Å². The second kappa shape index (κ2) is 7.04. The summed E-state index contributed by atoms with van der Waals surface area (Å²) >= 11 is 4.01. The Kier molecular flexibility index (Phi) is 5.59. The fraction of sp³-hybridized carbons (Fsp3) is 0.667. The lowest BCUT2D eigenvalue weighted by Gasteiger charge is -2.36. The van der Waals surface area contributed by atoms with E-state index >= 15 is 0 Å². The van der Waals surface area contributed by atoms with Crippen LogP contribution in [-0.4, -0.2) is 14.2 Å². The van der Waals surface area contributed by atoms with Crippen molar-refractivity contribution in [2.75, 3.05) is 14.2 Å². The van der Waals surface area contributed by atoms with Crippen molar-refractivity contribution < 1.29 is 9.47 Å². The third kappa shape index (κ3) is 3.56. The summed E-state index contributed by atoms with van der Waals surface area (Å²) in [7, 11) is 3.38. The van der Waals surface area contributed by atoms with E-state index in [-0.39, 0.29) is 0 Å². The number of rotatable bonds is 6. The van der Waals surface area contributed by atoms with Gasteiger partial charge in [0.2, 0.25) is 0 Å². The van der Waals surface area contributed by atoms with Crippen LogP contribution in [0, 0.1) is 11.3 Å². The smallest absolute Gasteiger partial charge is 0.161 e. The van der Waals surface area contributed by atoms with E-state index in [4.69, 9.17) is 9.47 Å². The first-order chi connectivity index (χ1) is 10.0. The highest BCUT2D eigenvalue weighted by Crippen LogP contribution is 2.56. The molecule has 0 radical (unpaired) electrons. The number of alkyl halides is 1. The summed E-state index contributed by atoms with van der Waals surface area (Å²) in [6.07, 6.45) is 6.60. The van der Waals surface area contributed by atoms with E-state index < -0.39 is 0 Å². The second-order valence-corrected chi connectivity index (χ2v) is 7.56. The van der Waals surface area contributed by atoms with Crippen LogP contribution in [0.4, 0.5) is 0 Å². The van der Waals surface area contributed by atoms with Gasteiger partial charge in [-0.2, -0.15) is 0 Å². The molecule has 0 saturated heterocycles. The highest BCUT2D eigenvalue weighted by atomic mass is 79.9. The van der Waals surface area contributed by atoms with E-state index in [0.29, 0.717) is 10.2 Å². The maximum absolute atomic E-state index is 5.46. The van der Waals surface area contributed by atoms with Gasteiger partial charge in [0.1, 0.15) is 0 Å². The van der Waals surface area contributed by atoms with Crippen LogP contribution in [0.15, 0.2) is 18.2 Å². The van der Waals surface area contributed by atoms with Gasteiger partial charge in [-0.1, -0.05) is 48.7 Å². The summed E-state index contributed by atoms with van der Waals surface area (Å²) in [6.45, 7) is 4.66. The van der Waals surface area contributed by atoms with Crippen molar-refractivity contribution in [3.63, 3.8) is 0 Å². The lowest BCUT2D eigenvalue weighted by Crippen LogP contribution is -2.24. The van der Waals surface area contributed by atoms with E-state index in [9.17, 15) is 0 Å². The minimum atomic E-state index is 0.383. The fourth-order valence-electron chi connectivity index (χ4n) is 3.82. The molecule has 3 heteroatoms. The molecule has 1 atom stereocenters. The fourth-order valence-corrected chi connectivity index (χ4v) is 4.75. The highest BCUT2D eigenvalue weighted by molar-refractivity contribution is 9.09. The van der Waals surface area contributed by atoms with Crippen LogP contribution in [-0.2, 0) is 0 Å². The maximum Gasteiger partial charge on any atom is 0.161 e. The zero-order valence-corrected chi connectivity index (χ0v) is 15.2. The first-order valence-corrected chi connectivity index (χ1v) is 8.80. The van der Waals surface area contributed by atoms with Crippen molar-refractivity contribution in [3.8, 4) is 11.5 Å².